The first kappa shape index (κ1) is 13.8. The highest BCUT2D eigenvalue weighted by molar-refractivity contribution is 5.92. The second-order valence-electron chi connectivity index (χ2n) is 5.22. The zero-order chi connectivity index (χ0) is 13.7. The maximum atomic E-state index is 12.0. The molecule has 0 radical (unpaired) electrons. The number of amides is 1. The van der Waals surface area contributed by atoms with Crippen LogP contribution < -0.4 is 10.6 Å². The highest BCUT2D eigenvalue weighted by Gasteiger charge is 2.25. The molecule has 1 amide bonds. The Morgan fingerprint density at radius 3 is 2.79 bits per heavy atom. The van der Waals surface area contributed by atoms with Gasteiger partial charge < -0.3 is 10.6 Å². The van der Waals surface area contributed by atoms with Crippen molar-refractivity contribution in [2.45, 2.75) is 45.6 Å². The molecule has 0 aliphatic heterocycles. The standard InChI is InChI=1S/C14H22N4O/c1-3-9-15-13-8-7-12(17-18-13)14(19)16-11-6-4-5-10(11)2/h7-8,10-11H,3-6,9H2,1-2H3,(H,15,18)(H,16,19). The highest BCUT2D eigenvalue weighted by atomic mass is 16.2. The number of carbonyl (C=O) groups is 1. The van der Waals surface area contributed by atoms with Gasteiger partial charge >= 0.3 is 0 Å². The van der Waals surface area contributed by atoms with Crippen molar-refractivity contribution < 1.29 is 4.79 Å². The molecule has 5 heteroatoms. The van der Waals surface area contributed by atoms with Crippen molar-refractivity contribution in [1.82, 2.24) is 15.5 Å². The third-order valence-corrected chi connectivity index (χ3v) is 3.63. The van der Waals surface area contributed by atoms with Gasteiger partial charge in [-0.05, 0) is 37.3 Å². The Hall–Kier alpha value is -1.65. The van der Waals surface area contributed by atoms with Crippen molar-refractivity contribution in [3.8, 4) is 0 Å². The summed E-state index contributed by atoms with van der Waals surface area (Å²) in [7, 11) is 0. The molecule has 2 atom stereocenters. The summed E-state index contributed by atoms with van der Waals surface area (Å²) in [4.78, 5) is 12.0. The maximum absolute atomic E-state index is 12.0. The van der Waals surface area contributed by atoms with E-state index in [0.29, 0.717) is 17.4 Å². The van der Waals surface area contributed by atoms with E-state index < -0.39 is 0 Å². The molecule has 1 aliphatic carbocycles. The van der Waals surface area contributed by atoms with Crippen molar-refractivity contribution in [3.63, 3.8) is 0 Å². The van der Waals surface area contributed by atoms with E-state index in [1.165, 1.54) is 12.8 Å². The molecular weight excluding hydrogens is 240 g/mol. The first-order valence-corrected chi connectivity index (χ1v) is 7.09. The van der Waals surface area contributed by atoms with Gasteiger partial charge in [0.15, 0.2) is 5.69 Å². The fourth-order valence-corrected chi connectivity index (χ4v) is 2.40. The largest absolute Gasteiger partial charge is 0.369 e. The molecule has 0 spiro atoms. The van der Waals surface area contributed by atoms with Crippen molar-refractivity contribution in [1.29, 1.82) is 0 Å². The average Bonchev–Trinajstić information content (AvgIpc) is 2.82. The van der Waals surface area contributed by atoms with Gasteiger partial charge in [-0.2, -0.15) is 0 Å². The van der Waals surface area contributed by atoms with Crippen LogP contribution in [0.25, 0.3) is 0 Å². The Balaban J connectivity index is 1.91. The highest BCUT2D eigenvalue weighted by Crippen LogP contribution is 2.24. The van der Waals surface area contributed by atoms with Crippen LogP contribution >= 0.6 is 0 Å². The lowest BCUT2D eigenvalue weighted by atomic mass is 10.1. The molecule has 2 unspecified atom stereocenters. The first-order valence-electron chi connectivity index (χ1n) is 7.09. The smallest absolute Gasteiger partial charge is 0.272 e. The van der Waals surface area contributed by atoms with Gasteiger partial charge in [0.05, 0.1) is 0 Å². The number of rotatable bonds is 5. The van der Waals surface area contributed by atoms with Gasteiger partial charge in [-0.3, -0.25) is 4.79 Å². The zero-order valence-corrected chi connectivity index (χ0v) is 11.6. The van der Waals surface area contributed by atoms with E-state index in [1.807, 2.05) is 0 Å². The number of hydrogen-bond acceptors (Lipinski definition) is 4. The third-order valence-electron chi connectivity index (χ3n) is 3.63. The Kier molecular flexibility index (Phi) is 4.71. The molecule has 1 fully saturated rings. The van der Waals surface area contributed by atoms with E-state index >= 15 is 0 Å². The molecule has 2 rings (SSSR count). The van der Waals surface area contributed by atoms with E-state index in [-0.39, 0.29) is 11.9 Å². The molecule has 104 valence electrons. The van der Waals surface area contributed by atoms with Crippen LogP contribution in [0.3, 0.4) is 0 Å². The van der Waals surface area contributed by atoms with E-state index in [0.717, 1.165) is 19.4 Å². The summed E-state index contributed by atoms with van der Waals surface area (Å²) in [5.41, 5.74) is 0.390. The van der Waals surface area contributed by atoms with Gasteiger partial charge in [-0.25, -0.2) is 0 Å². The molecule has 1 aromatic rings. The predicted octanol–water partition coefficient (Wildman–Crippen LogP) is 2.22. The van der Waals surface area contributed by atoms with E-state index in [1.54, 1.807) is 12.1 Å². The van der Waals surface area contributed by atoms with Crippen molar-refractivity contribution in [2.75, 3.05) is 11.9 Å². The van der Waals surface area contributed by atoms with Gasteiger partial charge in [-0.1, -0.05) is 20.3 Å². The number of nitrogens with one attached hydrogen (secondary N) is 2. The molecule has 1 aliphatic rings. The normalized spacial score (nSPS) is 22.2. The molecule has 5 nitrogen and oxygen atoms in total. The quantitative estimate of drug-likeness (QED) is 0.854. The molecule has 1 aromatic heterocycles. The van der Waals surface area contributed by atoms with E-state index in [2.05, 4.69) is 34.7 Å². The minimum absolute atomic E-state index is 0.117. The second-order valence-corrected chi connectivity index (χ2v) is 5.22. The van der Waals surface area contributed by atoms with Crippen LogP contribution in [0.2, 0.25) is 0 Å². The van der Waals surface area contributed by atoms with Crippen LogP contribution in [-0.2, 0) is 0 Å². The molecule has 1 heterocycles. The van der Waals surface area contributed by atoms with Gasteiger partial charge in [0.25, 0.3) is 5.91 Å². The number of hydrogen-bond donors (Lipinski definition) is 2. The molecular formula is C14H22N4O. The lowest BCUT2D eigenvalue weighted by Crippen LogP contribution is -2.36. The fourth-order valence-electron chi connectivity index (χ4n) is 2.40. The summed E-state index contributed by atoms with van der Waals surface area (Å²) < 4.78 is 0. The van der Waals surface area contributed by atoms with Crippen molar-refractivity contribution >= 4 is 11.7 Å². The SMILES string of the molecule is CCCNc1ccc(C(=O)NC2CCCC2C)nn1. The van der Waals surface area contributed by atoms with Crippen LogP contribution in [0.4, 0.5) is 5.82 Å². The third kappa shape index (κ3) is 3.66. The van der Waals surface area contributed by atoms with Crippen molar-refractivity contribution in [2.24, 2.45) is 5.92 Å². The van der Waals surface area contributed by atoms with Gasteiger partial charge in [0.1, 0.15) is 5.82 Å². The second kappa shape index (κ2) is 6.50. The Morgan fingerprint density at radius 2 is 2.21 bits per heavy atom. The number of anilines is 1. The molecule has 0 aromatic carbocycles. The fraction of sp³-hybridized carbons (Fsp3) is 0.643. The summed E-state index contributed by atoms with van der Waals surface area (Å²) in [6.07, 6.45) is 4.48. The summed E-state index contributed by atoms with van der Waals surface area (Å²) in [5.74, 6) is 1.16. The van der Waals surface area contributed by atoms with Gasteiger partial charge in [0.2, 0.25) is 0 Å². The summed E-state index contributed by atoms with van der Waals surface area (Å²) in [5, 5.41) is 14.2. The van der Waals surface area contributed by atoms with Crippen molar-refractivity contribution in [3.05, 3.63) is 17.8 Å². The lowest BCUT2D eigenvalue weighted by Gasteiger charge is -2.16. The Morgan fingerprint density at radius 1 is 1.37 bits per heavy atom. The summed E-state index contributed by atoms with van der Waals surface area (Å²) in [6, 6.07) is 3.81. The Labute approximate surface area is 114 Å². The topological polar surface area (TPSA) is 66.9 Å². The minimum atomic E-state index is -0.117. The molecule has 0 bridgehead atoms. The van der Waals surface area contributed by atoms with Gasteiger partial charge in [0, 0.05) is 12.6 Å². The number of aromatic nitrogens is 2. The van der Waals surface area contributed by atoms with Crippen LogP contribution in [0, 0.1) is 5.92 Å². The number of carbonyl (C=O) groups excluding carboxylic acids is 1. The lowest BCUT2D eigenvalue weighted by molar-refractivity contribution is 0.0923. The summed E-state index contributed by atoms with van der Waals surface area (Å²) in [6.45, 7) is 5.13. The average molecular weight is 262 g/mol. The van der Waals surface area contributed by atoms with Crippen LogP contribution in [0.5, 0.6) is 0 Å². The molecule has 1 saturated carbocycles. The van der Waals surface area contributed by atoms with Crippen LogP contribution in [0.15, 0.2) is 12.1 Å². The maximum Gasteiger partial charge on any atom is 0.272 e. The van der Waals surface area contributed by atoms with Gasteiger partial charge in [-0.15, -0.1) is 10.2 Å². The first-order chi connectivity index (χ1) is 9.20. The number of nitrogens with zero attached hydrogens (tertiary/aromatic N) is 2. The minimum Gasteiger partial charge on any atom is -0.369 e. The molecule has 0 saturated heterocycles. The van der Waals surface area contributed by atoms with E-state index in [9.17, 15) is 4.79 Å². The summed E-state index contributed by atoms with van der Waals surface area (Å²) >= 11 is 0. The Bertz CT molecular complexity index is 418. The van der Waals surface area contributed by atoms with Crippen LogP contribution in [-0.4, -0.2) is 28.7 Å². The molecule has 19 heavy (non-hydrogen) atoms. The zero-order valence-electron chi connectivity index (χ0n) is 11.6. The predicted molar refractivity (Wildman–Crippen MR) is 75.1 cm³/mol. The molecule has 2 N–H and O–H groups in total. The monoisotopic (exact) mass is 262 g/mol. The van der Waals surface area contributed by atoms with Crippen LogP contribution in [0.1, 0.15) is 50.0 Å². The van der Waals surface area contributed by atoms with E-state index in [4.69, 9.17) is 0 Å².